The Bertz CT molecular complexity index is 516. The lowest BCUT2D eigenvalue weighted by Gasteiger charge is -2.11. The van der Waals surface area contributed by atoms with Crippen LogP contribution < -0.4 is 4.74 Å². The van der Waals surface area contributed by atoms with Crippen LogP contribution in [0.2, 0.25) is 0 Å². The van der Waals surface area contributed by atoms with Crippen LogP contribution in [0.3, 0.4) is 0 Å². The van der Waals surface area contributed by atoms with Gasteiger partial charge in [0.2, 0.25) is 0 Å². The van der Waals surface area contributed by atoms with Crippen LogP contribution in [0, 0.1) is 11.3 Å². The third-order valence-electron chi connectivity index (χ3n) is 2.33. The fraction of sp³-hybridized carbons (Fsp3) is 0.286. The van der Waals surface area contributed by atoms with Crippen LogP contribution in [-0.4, -0.2) is 43.2 Å². The number of hydrogen-bond donors (Lipinski definition) is 1. The molecule has 1 rings (SSSR count). The van der Waals surface area contributed by atoms with Crippen molar-refractivity contribution in [1.29, 1.82) is 5.26 Å². The Balaban J connectivity index is 2.77. The zero-order chi connectivity index (χ0) is 14.3. The Kier molecular flexibility index (Phi) is 5.58. The van der Waals surface area contributed by atoms with Crippen LogP contribution in [0.25, 0.3) is 6.08 Å². The first-order chi connectivity index (χ1) is 9.02. The standard InChI is InChI=1S/C14H16N2O3/c1-16(2)6-7-19-13-5-3-4-11(9-13)8-12(10-15)14(17)18/h3-5,8-9H,6-7H2,1-2H3,(H,17,18). The topological polar surface area (TPSA) is 73.6 Å². The van der Waals surface area contributed by atoms with Crippen molar-refractivity contribution in [1.82, 2.24) is 4.90 Å². The van der Waals surface area contributed by atoms with Crippen LogP contribution in [-0.2, 0) is 4.79 Å². The molecule has 0 heterocycles. The molecule has 1 aromatic rings. The molecule has 100 valence electrons. The van der Waals surface area contributed by atoms with Crippen molar-refractivity contribution < 1.29 is 14.6 Å². The Morgan fingerprint density at radius 3 is 2.84 bits per heavy atom. The number of carboxylic acids is 1. The molecule has 0 saturated carbocycles. The second-order valence-corrected chi connectivity index (χ2v) is 4.20. The van der Waals surface area contributed by atoms with Crippen molar-refractivity contribution in [3.8, 4) is 11.8 Å². The quantitative estimate of drug-likeness (QED) is 0.621. The first kappa shape index (κ1) is 14.7. The molecule has 0 fully saturated rings. The summed E-state index contributed by atoms with van der Waals surface area (Å²) >= 11 is 0. The Hall–Kier alpha value is -2.32. The summed E-state index contributed by atoms with van der Waals surface area (Å²) < 4.78 is 5.53. The van der Waals surface area contributed by atoms with Gasteiger partial charge in [-0.3, -0.25) is 0 Å². The number of likely N-dealkylation sites (N-methyl/N-ethyl adjacent to an activating group) is 1. The van der Waals surface area contributed by atoms with Gasteiger partial charge in [-0.15, -0.1) is 0 Å². The van der Waals surface area contributed by atoms with E-state index in [4.69, 9.17) is 15.1 Å². The summed E-state index contributed by atoms with van der Waals surface area (Å²) in [4.78, 5) is 12.7. The van der Waals surface area contributed by atoms with Gasteiger partial charge in [0, 0.05) is 6.54 Å². The van der Waals surface area contributed by atoms with E-state index in [2.05, 4.69) is 0 Å². The predicted molar refractivity (Wildman–Crippen MR) is 71.7 cm³/mol. The van der Waals surface area contributed by atoms with Gasteiger partial charge in [-0.05, 0) is 37.9 Å². The van der Waals surface area contributed by atoms with Crippen molar-refractivity contribution in [3.63, 3.8) is 0 Å². The molecule has 5 nitrogen and oxygen atoms in total. The lowest BCUT2D eigenvalue weighted by molar-refractivity contribution is -0.132. The van der Waals surface area contributed by atoms with E-state index in [0.717, 1.165) is 6.54 Å². The van der Waals surface area contributed by atoms with Gasteiger partial charge < -0.3 is 14.7 Å². The predicted octanol–water partition coefficient (Wildman–Crippen LogP) is 1.62. The first-order valence-corrected chi connectivity index (χ1v) is 5.75. The lowest BCUT2D eigenvalue weighted by Crippen LogP contribution is -2.19. The minimum atomic E-state index is -1.23. The molecule has 0 aliphatic heterocycles. The molecule has 5 heteroatoms. The van der Waals surface area contributed by atoms with Crippen molar-refractivity contribution in [2.45, 2.75) is 0 Å². The van der Waals surface area contributed by atoms with Gasteiger partial charge in [0.05, 0.1) is 0 Å². The molecule has 1 N–H and O–H groups in total. The molecule has 0 radical (unpaired) electrons. The number of carbonyl (C=O) groups is 1. The average molecular weight is 260 g/mol. The van der Waals surface area contributed by atoms with E-state index in [-0.39, 0.29) is 5.57 Å². The van der Waals surface area contributed by atoms with Crippen LogP contribution >= 0.6 is 0 Å². The molecule has 0 unspecified atom stereocenters. The molecule has 0 saturated heterocycles. The number of ether oxygens (including phenoxy) is 1. The van der Waals surface area contributed by atoms with Gasteiger partial charge in [-0.1, -0.05) is 12.1 Å². The van der Waals surface area contributed by atoms with Crippen molar-refractivity contribution in [2.75, 3.05) is 27.2 Å². The van der Waals surface area contributed by atoms with Gasteiger partial charge in [0.1, 0.15) is 24.0 Å². The maximum atomic E-state index is 10.7. The molecule has 0 atom stereocenters. The number of aliphatic carboxylic acids is 1. The SMILES string of the molecule is CN(C)CCOc1cccc(C=C(C#N)C(=O)O)c1. The van der Waals surface area contributed by atoms with E-state index in [1.165, 1.54) is 6.08 Å². The molecule has 0 aliphatic rings. The van der Waals surface area contributed by atoms with Gasteiger partial charge in [0.15, 0.2) is 0 Å². The van der Waals surface area contributed by atoms with Crippen LogP contribution in [0.5, 0.6) is 5.75 Å². The number of benzene rings is 1. The van der Waals surface area contributed by atoms with Gasteiger partial charge >= 0.3 is 5.97 Å². The highest BCUT2D eigenvalue weighted by molar-refractivity contribution is 5.96. The molecule has 1 aromatic carbocycles. The number of rotatable bonds is 6. The second-order valence-electron chi connectivity index (χ2n) is 4.20. The fourth-order valence-corrected chi connectivity index (χ4v) is 1.35. The molecular weight excluding hydrogens is 244 g/mol. The lowest BCUT2D eigenvalue weighted by atomic mass is 10.1. The fourth-order valence-electron chi connectivity index (χ4n) is 1.35. The Morgan fingerprint density at radius 2 is 2.26 bits per heavy atom. The summed E-state index contributed by atoms with van der Waals surface area (Å²) in [5.74, 6) is -0.584. The number of hydrogen-bond acceptors (Lipinski definition) is 4. The zero-order valence-corrected chi connectivity index (χ0v) is 11.0. The molecule has 19 heavy (non-hydrogen) atoms. The van der Waals surface area contributed by atoms with Crippen LogP contribution in [0.15, 0.2) is 29.8 Å². The smallest absolute Gasteiger partial charge is 0.346 e. The minimum absolute atomic E-state index is 0.301. The number of nitrogens with zero attached hydrogens (tertiary/aromatic N) is 2. The molecule has 0 spiro atoms. The van der Waals surface area contributed by atoms with E-state index >= 15 is 0 Å². The van der Waals surface area contributed by atoms with Crippen molar-refractivity contribution in [3.05, 3.63) is 35.4 Å². The Labute approximate surface area is 112 Å². The molecule has 0 aliphatic carbocycles. The monoisotopic (exact) mass is 260 g/mol. The van der Waals surface area contributed by atoms with Crippen LogP contribution in [0.4, 0.5) is 0 Å². The molecular formula is C14H16N2O3. The molecule has 0 amide bonds. The summed E-state index contributed by atoms with van der Waals surface area (Å²) in [5, 5.41) is 17.5. The van der Waals surface area contributed by atoms with Crippen molar-refractivity contribution >= 4 is 12.0 Å². The van der Waals surface area contributed by atoms with Gasteiger partial charge in [0.25, 0.3) is 0 Å². The number of nitriles is 1. The largest absolute Gasteiger partial charge is 0.492 e. The van der Waals surface area contributed by atoms with E-state index in [9.17, 15) is 4.79 Å². The van der Waals surface area contributed by atoms with Crippen molar-refractivity contribution in [2.24, 2.45) is 0 Å². The summed E-state index contributed by atoms with van der Waals surface area (Å²) in [6.07, 6.45) is 1.32. The summed E-state index contributed by atoms with van der Waals surface area (Å²) in [6, 6.07) is 8.62. The average Bonchev–Trinajstić information content (AvgIpc) is 2.35. The molecule has 0 aromatic heterocycles. The highest BCUT2D eigenvalue weighted by atomic mass is 16.5. The van der Waals surface area contributed by atoms with Gasteiger partial charge in [-0.2, -0.15) is 5.26 Å². The van der Waals surface area contributed by atoms with E-state index in [1.54, 1.807) is 30.3 Å². The van der Waals surface area contributed by atoms with Crippen LogP contribution in [0.1, 0.15) is 5.56 Å². The van der Waals surface area contributed by atoms with E-state index in [1.807, 2.05) is 19.0 Å². The second kappa shape index (κ2) is 7.19. The minimum Gasteiger partial charge on any atom is -0.492 e. The normalized spacial score (nSPS) is 11.2. The molecule has 0 bridgehead atoms. The maximum Gasteiger partial charge on any atom is 0.346 e. The summed E-state index contributed by atoms with van der Waals surface area (Å²) in [7, 11) is 3.91. The number of carboxylic acid groups (broad SMARTS) is 1. The first-order valence-electron chi connectivity index (χ1n) is 5.75. The van der Waals surface area contributed by atoms with E-state index < -0.39 is 5.97 Å². The maximum absolute atomic E-state index is 10.7. The highest BCUT2D eigenvalue weighted by Crippen LogP contribution is 2.16. The Morgan fingerprint density at radius 1 is 1.53 bits per heavy atom. The van der Waals surface area contributed by atoms with Gasteiger partial charge in [-0.25, -0.2) is 4.79 Å². The third-order valence-corrected chi connectivity index (χ3v) is 2.33. The summed E-state index contributed by atoms with van der Waals surface area (Å²) in [6.45, 7) is 1.34. The highest BCUT2D eigenvalue weighted by Gasteiger charge is 2.05. The summed E-state index contributed by atoms with van der Waals surface area (Å²) in [5.41, 5.74) is 0.326. The third kappa shape index (κ3) is 5.23. The zero-order valence-electron chi connectivity index (χ0n) is 11.0. The van der Waals surface area contributed by atoms with E-state index in [0.29, 0.717) is 17.9 Å².